The Balaban J connectivity index is 1.55. The number of benzene rings is 3. The Morgan fingerprint density at radius 1 is 1.00 bits per heavy atom. The molecule has 0 radical (unpaired) electrons. The fourth-order valence-corrected chi connectivity index (χ4v) is 5.17. The van der Waals surface area contributed by atoms with Gasteiger partial charge < -0.3 is 20.8 Å². The van der Waals surface area contributed by atoms with Gasteiger partial charge in [-0.1, -0.05) is 60.5 Å². The summed E-state index contributed by atoms with van der Waals surface area (Å²) in [6, 6.07) is 18.8. The van der Waals surface area contributed by atoms with E-state index in [1.807, 2.05) is 24.3 Å². The number of carbonyl (C=O) groups is 3. The van der Waals surface area contributed by atoms with Gasteiger partial charge >= 0.3 is 12.0 Å². The molecule has 1 unspecified atom stereocenters. The third kappa shape index (κ3) is 8.33. The molecule has 214 valence electrons. The maximum Gasteiger partial charge on any atom is 0.334 e. The van der Waals surface area contributed by atoms with Gasteiger partial charge in [-0.25, -0.2) is 9.59 Å². The highest BCUT2D eigenvalue weighted by atomic mass is 35.5. The number of carbonyl (C=O) groups excluding carboxylic acids is 2. The Morgan fingerprint density at radius 2 is 1.66 bits per heavy atom. The van der Waals surface area contributed by atoms with Crippen molar-refractivity contribution in [2.75, 3.05) is 16.8 Å². The molecule has 1 aliphatic carbocycles. The van der Waals surface area contributed by atoms with Crippen LogP contribution >= 0.6 is 23.2 Å². The van der Waals surface area contributed by atoms with E-state index < -0.39 is 30.6 Å². The number of nitrogens with zero attached hydrogens (tertiary/aromatic N) is 1. The molecule has 4 rings (SSSR count). The highest BCUT2D eigenvalue weighted by molar-refractivity contribution is 6.35. The molecule has 10 heteroatoms. The molecule has 3 aromatic carbocycles. The summed E-state index contributed by atoms with van der Waals surface area (Å²) in [6.45, 7) is 2.00. The quantitative estimate of drug-likeness (QED) is 0.222. The molecule has 0 spiro atoms. The summed E-state index contributed by atoms with van der Waals surface area (Å²) in [6.07, 6.45) is 3.99. The monoisotopic (exact) mass is 595 g/mol. The fourth-order valence-electron chi connectivity index (χ4n) is 4.64. The lowest BCUT2D eigenvalue weighted by Gasteiger charge is -2.25. The van der Waals surface area contributed by atoms with Crippen molar-refractivity contribution in [3.05, 3.63) is 99.5 Å². The normalized spacial score (nSPS) is 15.4. The summed E-state index contributed by atoms with van der Waals surface area (Å²) in [5, 5.41) is 24.2. The molecular weight excluding hydrogens is 565 g/mol. The maximum absolute atomic E-state index is 13.5. The number of urea groups is 1. The number of carboxylic acid groups (broad SMARTS) is 1. The summed E-state index contributed by atoms with van der Waals surface area (Å²) in [5.41, 5.74) is 4.60. The largest absolute Gasteiger partial charge is 0.479 e. The average Bonchev–Trinajstić information content (AvgIpc) is 2.94. The highest BCUT2D eigenvalue weighted by Crippen LogP contribution is 2.31. The Labute approximate surface area is 248 Å². The zero-order valence-corrected chi connectivity index (χ0v) is 24.0. The lowest BCUT2D eigenvalue weighted by atomic mass is 9.88. The number of aliphatic hydroxyl groups excluding tert-OH is 1. The van der Waals surface area contributed by atoms with Gasteiger partial charge in [-0.2, -0.15) is 0 Å². The molecule has 1 aliphatic rings. The van der Waals surface area contributed by atoms with Gasteiger partial charge in [0.25, 0.3) is 5.91 Å². The number of nitrogens with one attached hydrogen (secondary N) is 2. The van der Waals surface area contributed by atoms with Crippen LogP contribution in [0, 0.1) is 5.92 Å². The van der Waals surface area contributed by atoms with Gasteiger partial charge in [-0.05, 0) is 84.3 Å². The minimum atomic E-state index is -1.69. The molecule has 0 saturated heterocycles. The first-order valence-corrected chi connectivity index (χ1v) is 14.0. The number of halogens is 2. The zero-order valence-electron chi connectivity index (χ0n) is 22.4. The summed E-state index contributed by atoms with van der Waals surface area (Å²) in [4.78, 5) is 38.2. The van der Waals surface area contributed by atoms with Crippen LogP contribution in [-0.2, 0) is 11.3 Å². The van der Waals surface area contributed by atoms with E-state index in [9.17, 15) is 19.5 Å². The average molecular weight is 597 g/mol. The summed E-state index contributed by atoms with van der Waals surface area (Å²) in [7, 11) is 0. The molecule has 0 heterocycles. The van der Waals surface area contributed by atoms with E-state index in [2.05, 4.69) is 23.6 Å². The molecule has 3 amide bonds. The number of carboxylic acids is 1. The van der Waals surface area contributed by atoms with Crippen molar-refractivity contribution < 1.29 is 24.6 Å². The first-order chi connectivity index (χ1) is 19.6. The Kier molecular flexibility index (Phi) is 10.0. The van der Waals surface area contributed by atoms with Crippen LogP contribution in [0.4, 0.5) is 16.2 Å². The second-order valence-corrected chi connectivity index (χ2v) is 10.9. The molecule has 0 saturated carbocycles. The van der Waals surface area contributed by atoms with Gasteiger partial charge in [0.15, 0.2) is 6.10 Å². The number of aliphatic carboxylic acids is 1. The molecule has 0 aromatic heterocycles. The van der Waals surface area contributed by atoms with Gasteiger partial charge in [-0.15, -0.1) is 0 Å². The van der Waals surface area contributed by atoms with Crippen molar-refractivity contribution >= 4 is 58.1 Å². The number of amides is 3. The predicted molar refractivity (Wildman–Crippen MR) is 162 cm³/mol. The molecule has 8 nitrogen and oxygen atoms in total. The van der Waals surface area contributed by atoms with E-state index in [1.165, 1.54) is 12.0 Å². The van der Waals surface area contributed by atoms with Crippen LogP contribution in [0.2, 0.25) is 10.0 Å². The number of allylic oxidation sites excluding steroid dienone is 2. The third-order valence-corrected chi connectivity index (χ3v) is 7.23. The lowest BCUT2D eigenvalue weighted by Crippen LogP contribution is -2.36. The standard InChI is InChI=1S/C31H31Cl2N3O5/c1-19-3-2-4-23(13-19)21-9-11-27(12-10-21)36(31(41)35-26-15-24(32)14-25(33)16-26)18-20-5-7-22(8-6-20)29(38)34-17-28(37)30(39)40/h5-16,19,28,37H,2-4,17-18H2,1H3,(H,34,38)(H,35,41)(H,39,40)/t19?,28-/m1/s1. The van der Waals surface area contributed by atoms with E-state index >= 15 is 0 Å². The van der Waals surface area contributed by atoms with Gasteiger partial charge in [-0.3, -0.25) is 9.69 Å². The maximum atomic E-state index is 13.5. The summed E-state index contributed by atoms with van der Waals surface area (Å²) < 4.78 is 0. The lowest BCUT2D eigenvalue weighted by molar-refractivity contribution is -0.146. The Hall–Kier alpha value is -3.85. The van der Waals surface area contributed by atoms with Gasteiger partial charge in [0.1, 0.15) is 0 Å². The fraction of sp³-hybridized carbons (Fsp3) is 0.258. The van der Waals surface area contributed by atoms with Gasteiger partial charge in [0.2, 0.25) is 0 Å². The molecular formula is C31H31Cl2N3O5. The molecule has 41 heavy (non-hydrogen) atoms. The van der Waals surface area contributed by atoms with Crippen molar-refractivity contribution in [2.45, 2.75) is 38.8 Å². The van der Waals surface area contributed by atoms with Crippen LogP contribution in [-0.4, -0.2) is 40.8 Å². The first kappa shape index (κ1) is 30.1. The van der Waals surface area contributed by atoms with Crippen molar-refractivity contribution in [1.82, 2.24) is 5.32 Å². The number of anilines is 2. The second kappa shape index (κ2) is 13.7. The van der Waals surface area contributed by atoms with Crippen molar-refractivity contribution in [3.63, 3.8) is 0 Å². The van der Waals surface area contributed by atoms with E-state index in [4.69, 9.17) is 28.3 Å². The van der Waals surface area contributed by atoms with E-state index in [1.54, 1.807) is 47.4 Å². The smallest absolute Gasteiger partial charge is 0.334 e. The van der Waals surface area contributed by atoms with Crippen molar-refractivity contribution in [3.8, 4) is 0 Å². The number of hydrogen-bond acceptors (Lipinski definition) is 4. The van der Waals surface area contributed by atoms with Crippen LogP contribution in [0.3, 0.4) is 0 Å². The molecule has 2 atom stereocenters. The van der Waals surface area contributed by atoms with Crippen LogP contribution < -0.4 is 15.5 Å². The first-order valence-electron chi connectivity index (χ1n) is 13.2. The third-order valence-electron chi connectivity index (χ3n) is 6.80. The van der Waals surface area contributed by atoms with E-state index in [-0.39, 0.29) is 12.1 Å². The van der Waals surface area contributed by atoms with Crippen LogP contribution in [0.5, 0.6) is 0 Å². The van der Waals surface area contributed by atoms with Crippen LogP contribution in [0.15, 0.2) is 72.8 Å². The van der Waals surface area contributed by atoms with Crippen LogP contribution in [0.1, 0.15) is 47.7 Å². The Bertz CT molecular complexity index is 1420. The van der Waals surface area contributed by atoms with Crippen molar-refractivity contribution in [1.29, 1.82) is 0 Å². The topological polar surface area (TPSA) is 119 Å². The van der Waals surface area contributed by atoms with Gasteiger partial charge in [0, 0.05) is 27.0 Å². The SMILES string of the molecule is CC1C=C(c2ccc(N(Cc3ccc(C(=O)NC[C@@H](O)C(=O)O)cc3)C(=O)Nc3cc(Cl)cc(Cl)c3)cc2)CCC1. The predicted octanol–water partition coefficient (Wildman–Crippen LogP) is 6.61. The molecule has 0 fully saturated rings. The second-order valence-electron chi connectivity index (χ2n) is 10.0. The molecule has 4 N–H and O–H groups in total. The highest BCUT2D eigenvalue weighted by Gasteiger charge is 2.19. The van der Waals surface area contributed by atoms with E-state index in [0.717, 1.165) is 24.0 Å². The van der Waals surface area contributed by atoms with E-state index in [0.29, 0.717) is 27.3 Å². The summed E-state index contributed by atoms with van der Waals surface area (Å²) >= 11 is 12.3. The molecule has 0 bridgehead atoms. The number of hydrogen-bond donors (Lipinski definition) is 4. The number of rotatable bonds is 9. The summed E-state index contributed by atoms with van der Waals surface area (Å²) in [5.74, 6) is -1.40. The molecule has 3 aromatic rings. The minimum Gasteiger partial charge on any atom is -0.479 e. The molecule has 0 aliphatic heterocycles. The minimum absolute atomic E-state index is 0.193. The van der Waals surface area contributed by atoms with Crippen LogP contribution in [0.25, 0.3) is 5.57 Å². The zero-order chi connectivity index (χ0) is 29.5. The Morgan fingerprint density at radius 3 is 2.27 bits per heavy atom. The van der Waals surface area contributed by atoms with Crippen molar-refractivity contribution in [2.24, 2.45) is 5.92 Å². The van der Waals surface area contributed by atoms with Gasteiger partial charge in [0.05, 0.1) is 13.1 Å². The number of aliphatic hydroxyl groups is 1.